The third kappa shape index (κ3) is 3.81. The van der Waals surface area contributed by atoms with Crippen molar-refractivity contribution in [3.63, 3.8) is 0 Å². The second-order valence-electron chi connectivity index (χ2n) is 7.06. The molecule has 0 aliphatic carbocycles. The predicted octanol–water partition coefficient (Wildman–Crippen LogP) is 2.78. The number of hydrazine groups is 1. The highest BCUT2D eigenvalue weighted by Gasteiger charge is 2.29. The van der Waals surface area contributed by atoms with Gasteiger partial charge >= 0.3 is 0 Å². The molecule has 0 aromatic heterocycles. The van der Waals surface area contributed by atoms with E-state index >= 15 is 0 Å². The molecule has 3 heteroatoms. The van der Waals surface area contributed by atoms with Crippen LogP contribution < -0.4 is 11.3 Å². The summed E-state index contributed by atoms with van der Waals surface area (Å²) in [7, 11) is 0. The van der Waals surface area contributed by atoms with Gasteiger partial charge in [-0.25, -0.2) is 0 Å². The number of hydrogen-bond donors (Lipinski definition) is 2. The summed E-state index contributed by atoms with van der Waals surface area (Å²) in [6.07, 6.45) is 2.41. The molecule has 3 nitrogen and oxygen atoms in total. The first kappa shape index (κ1) is 15.5. The van der Waals surface area contributed by atoms with Crippen LogP contribution in [0.5, 0.6) is 0 Å². The van der Waals surface area contributed by atoms with E-state index in [0.29, 0.717) is 18.1 Å². The smallest absolute Gasteiger partial charge is 0.0551 e. The highest BCUT2D eigenvalue weighted by atomic mass is 16.5. The van der Waals surface area contributed by atoms with Crippen LogP contribution in [0.1, 0.15) is 45.2 Å². The summed E-state index contributed by atoms with van der Waals surface area (Å²) in [6, 6.07) is 9.21. The molecular formula is C17H28N2O. The number of nitrogens with one attached hydrogen (secondary N) is 1. The van der Waals surface area contributed by atoms with Crippen molar-refractivity contribution < 1.29 is 4.74 Å². The molecule has 0 radical (unpaired) electrons. The number of nitrogens with two attached hydrogens (primary N) is 1. The predicted molar refractivity (Wildman–Crippen MR) is 83.5 cm³/mol. The Labute approximate surface area is 122 Å². The maximum atomic E-state index is 5.74. The highest BCUT2D eigenvalue weighted by molar-refractivity contribution is 5.28. The van der Waals surface area contributed by atoms with Crippen LogP contribution >= 0.6 is 0 Å². The first-order chi connectivity index (χ1) is 9.40. The summed E-state index contributed by atoms with van der Waals surface area (Å²) in [4.78, 5) is 0. The highest BCUT2D eigenvalue weighted by Crippen LogP contribution is 2.26. The molecule has 112 valence electrons. The molecule has 1 aliphatic heterocycles. The van der Waals surface area contributed by atoms with Gasteiger partial charge in [0, 0.05) is 12.0 Å². The second-order valence-corrected chi connectivity index (χ2v) is 7.06. The lowest BCUT2D eigenvalue weighted by molar-refractivity contribution is 0.117. The van der Waals surface area contributed by atoms with Gasteiger partial charge in [0.05, 0.1) is 12.7 Å². The van der Waals surface area contributed by atoms with E-state index in [4.69, 9.17) is 10.6 Å². The van der Waals surface area contributed by atoms with E-state index < -0.39 is 0 Å². The van der Waals surface area contributed by atoms with Crippen molar-refractivity contribution in [2.75, 3.05) is 6.61 Å². The lowest BCUT2D eigenvalue weighted by Gasteiger charge is -2.23. The van der Waals surface area contributed by atoms with Crippen molar-refractivity contribution in [3.8, 4) is 0 Å². The zero-order chi connectivity index (χ0) is 14.8. The Balaban J connectivity index is 2.01. The van der Waals surface area contributed by atoms with Gasteiger partial charge in [-0.1, -0.05) is 45.0 Å². The lowest BCUT2D eigenvalue weighted by Crippen LogP contribution is -2.42. The molecule has 1 aliphatic rings. The van der Waals surface area contributed by atoms with Gasteiger partial charge in [-0.2, -0.15) is 0 Å². The molecule has 1 fully saturated rings. The zero-order valence-corrected chi connectivity index (χ0v) is 13.1. The minimum atomic E-state index is 0.207. The van der Waals surface area contributed by atoms with E-state index in [1.54, 1.807) is 0 Å². The standard InChI is InChI=1S/C17H28N2O/c1-12-9-14(11-20-12)16(19-18)10-13-5-7-15(8-6-13)17(2,3)4/h5-8,12,14,16,19H,9-11,18H2,1-4H3. The summed E-state index contributed by atoms with van der Waals surface area (Å²) in [5, 5.41) is 0. The summed E-state index contributed by atoms with van der Waals surface area (Å²) in [5.41, 5.74) is 5.89. The molecule has 0 bridgehead atoms. The maximum Gasteiger partial charge on any atom is 0.0551 e. The van der Waals surface area contributed by atoms with Crippen LogP contribution in [-0.2, 0) is 16.6 Å². The van der Waals surface area contributed by atoms with Gasteiger partial charge in [0.25, 0.3) is 0 Å². The van der Waals surface area contributed by atoms with E-state index in [1.807, 2.05) is 0 Å². The van der Waals surface area contributed by atoms with E-state index in [-0.39, 0.29) is 5.41 Å². The van der Waals surface area contributed by atoms with Crippen molar-refractivity contribution in [1.29, 1.82) is 0 Å². The number of hydrogen-bond acceptors (Lipinski definition) is 3. The molecule has 20 heavy (non-hydrogen) atoms. The van der Waals surface area contributed by atoms with E-state index in [2.05, 4.69) is 57.4 Å². The fourth-order valence-electron chi connectivity index (χ4n) is 2.89. The Hall–Kier alpha value is -0.900. The first-order valence-electron chi connectivity index (χ1n) is 7.57. The molecule has 3 N–H and O–H groups in total. The van der Waals surface area contributed by atoms with E-state index in [9.17, 15) is 0 Å². The SMILES string of the molecule is CC1CC(C(Cc2ccc(C(C)(C)C)cc2)NN)CO1. The molecule has 1 aromatic carbocycles. The summed E-state index contributed by atoms with van der Waals surface area (Å²) >= 11 is 0. The molecule has 0 spiro atoms. The van der Waals surface area contributed by atoms with E-state index in [0.717, 1.165) is 19.4 Å². The molecule has 1 aromatic rings. The Morgan fingerprint density at radius 2 is 1.95 bits per heavy atom. The van der Waals surface area contributed by atoms with Crippen molar-refractivity contribution in [2.24, 2.45) is 11.8 Å². The van der Waals surface area contributed by atoms with Crippen LogP contribution in [0, 0.1) is 5.92 Å². The molecular weight excluding hydrogens is 248 g/mol. The van der Waals surface area contributed by atoms with Gasteiger partial charge in [-0.3, -0.25) is 11.3 Å². The van der Waals surface area contributed by atoms with Crippen LogP contribution in [0.15, 0.2) is 24.3 Å². The molecule has 1 saturated heterocycles. The number of ether oxygens (including phenoxy) is 1. The van der Waals surface area contributed by atoms with E-state index in [1.165, 1.54) is 11.1 Å². The van der Waals surface area contributed by atoms with Crippen LogP contribution in [0.2, 0.25) is 0 Å². The third-order valence-electron chi connectivity index (χ3n) is 4.29. The van der Waals surface area contributed by atoms with Gasteiger partial charge in [-0.05, 0) is 36.3 Å². The average molecular weight is 276 g/mol. The lowest BCUT2D eigenvalue weighted by atomic mass is 9.85. The van der Waals surface area contributed by atoms with Crippen LogP contribution in [-0.4, -0.2) is 18.8 Å². The quantitative estimate of drug-likeness (QED) is 0.656. The van der Waals surface area contributed by atoms with Crippen LogP contribution in [0.3, 0.4) is 0 Å². The normalized spacial score (nSPS) is 24.9. The summed E-state index contributed by atoms with van der Waals surface area (Å²) in [6.45, 7) is 9.67. The zero-order valence-electron chi connectivity index (χ0n) is 13.1. The molecule has 0 saturated carbocycles. The van der Waals surface area contributed by atoms with Crippen molar-refractivity contribution in [3.05, 3.63) is 35.4 Å². The minimum Gasteiger partial charge on any atom is -0.378 e. The third-order valence-corrected chi connectivity index (χ3v) is 4.29. The molecule has 0 amide bonds. The topological polar surface area (TPSA) is 47.3 Å². The minimum absolute atomic E-state index is 0.207. The van der Waals surface area contributed by atoms with Gasteiger partial charge < -0.3 is 4.74 Å². The Bertz CT molecular complexity index is 422. The fraction of sp³-hybridized carbons (Fsp3) is 0.647. The fourth-order valence-corrected chi connectivity index (χ4v) is 2.89. The van der Waals surface area contributed by atoms with Crippen molar-refractivity contribution in [2.45, 2.75) is 58.1 Å². The Kier molecular flexibility index (Phi) is 4.84. The van der Waals surface area contributed by atoms with Crippen molar-refractivity contribution in [1.82, 2.24) is 5.43 Å². The van der Waals surface area contributed by atoms with Crippen LogP contribution in [0.4, 0.5) is 0 Å². The number of rotatable bonds is 4. The van der Waals surface area contributed by atoms with Crippen molar-refractivity contribution >= 4 is 0 Å². The van der Waals surface area contributed by atoms with Crippen LogP contribution in [0.25, 0.3) is 0 Å². The molecule has 1 heterocycles. The molecule has 2 rings (SSSR count). The van der Waals surface area contributed by atoms with Gasteiger partial charge in [0.15, 0.2) is 0 Å². The van der Waals surface area contributed by atoms with Gasteiger partial charge in [-0.15, -0.1) is 0 Å². The second kappa shape index (κ2) is 6.25. The summed E-state index contributed by atoms with van der Waals surface area (Å²) < 4.78 is 5.65. The largest absolute Gasteiger partial charge is 0.378 e. The first-order valence-corrected chi connectivity index (χ1v) is 7.57. The molecule has 3 unspecified atom stereocenters. The Morgan fingerprint density at radius 3 is 2.40 bits per heavy atom. The monoisotopic (exact) mass is 276 g/mol. The van der Waals surface area contributed by atoms with Gasteiger partial charge in [0.2, 0.25) is 0 Å². The maximum absolute atomic E-state index is 5.74. The molecule has 3 atom stereocenters. The Morgan fingerprint density at radius 1 is 1.30 bits per heavy atom. The number of benzene rings is 1. The average Bonchev–Trinajstić information content (AvgIpc) is 2.82. The summed E-state index contributed by atoms with van der Waals surface area (Å²) in [5.74, 6) is 6.25. The van der Waals surface area contributed by atoms with Gasteiger partial charge in [0.1, 0.15) is 0 Å².